The molecular weight excluding hydrogens is 356 g/mol. The SMILES string of the molecule is C[C@H]1CCCN(c2ccc(-c3noc(CN4CCC(C(N)=O)CC4)n3)cn2)C1. The molecule has 4 heterocycles. The highest BCUT2D eigenvalue weighted by molar-refractivity contribution is 5.76. The van der Waals surface area contributed by atoms with Gasteiger partial charge in [-0.1, -0.05) is 12.1 Å². The van der Waals surface area contributed by atoms with Gasteiger partial charge in [-0.3, -0.25) is 9.69 Å². The first-order valence-electron chi connectivity index (χ1n) is 10.1. The van der Waals surface area contributed by atoms with E-state index < -0.39 is 0 Å². The maximum Gasteiger partial charge on any atom is 0.241 e. The maximum absolute atomic E-state index is 11.3. The van der Waals surface area contributed by atoms with Gasteiger partial charge in [0.25, 0.3) is 0 Å². The Morgan fingerprint density at radius 2 is 2.07 bits per heavy atom. The minimum absolute atomic E-state index is 0.0121. The Hall–Kier alpha value is -2.48. The molecule has 2 aliphatic rings. The summed E-state index contributed by atoms with van der Waals surface area (Å²) in [6.45, 7) is 6.64. The van der Waals surface area contributed by atoms with Crippen molar-refractivity contribution in [2.24, 2.45) is 17.6 Å². The lowest BCUT2D eigenvalue weighted by atomic mass is 9.96. The second-order valence-electron chi connectivity index (χ2n) is 8.06. The number of aromatic nitrogens is 3. The van der Waals surface area contributed by atoms with Crippen molar-refractivity contribution in [2.45, 2.75) is 39.2 Å². The van der Waals surface area contributed by atoms with Crippen molar-refractivity contribution in [3.63, 3.8) is 0 Å². The lowest BCUT2D eigenvalue weighted by Crippen LogP contribution is -2.38. The number of likely N-dealkylation sites (tertiary alicyclic amines) is 1. The molecule has 8 nitrogen and oxygen atoms in total. The van der Waals surface area contributed by atoms with Gasteiger partial charge in [0, 0.05) is 30.8 Å². The summed E-state index contributed by atoms with van der Waals surface area (Å²) in [6, 6.07) is 4.05. The zero-order valence-electron chi connectivity index (χ0n) is 16.4. The molecule has 2 aromatic heterocycles. The maximum atomic E-state index is 11.3. The van der Waals surface area contributed by atoms with E-state index in [-0.39, 0.29) is 11.8 Å². The van der Waals surface area contributed by atoms with Crippen LogP contribution in [0.15, 0.2) is 22.9 Å². The lowest BCUT2D eigenvalue weighted by molar-refractivity contribution is -0.123. The number of primary amides is 1. The minimum atomic E-state index is -0.199. The summed E-state index contributed by atoms with van der Waals surface area (Å²) in [5.74, 6) is 2.66. The fourth-order valence-corrected chi connectivity index (χ4v) is 4.11. The highest BCUT2D eigenvalue weighted by Gasteiger charge is 2.24. The van der Waals surface area contributed by atoms with Crippen LogP contribution in [0.1, 0.15) is 38.5 Å². The molecule has 0 aromatic carbocycles. The molecule has 1 atom stereocenters. The first-order chi connectivity index (χ1) is 13.6. The average molecular weight is 384 g/mol. The molecule has 2 saturated heterocycles. The third-order valence-corrected chi connectivity index (χ3v) is 5.80. The fourth-order valence-electron chi connectivity index (χ4n) is 4.11. The average Bonchev–Trinajstić information content (AvgIpc) is 3.17. The molecule has 2 aliphatic heterocycles. The van der Waals surface area contributed by atoms with E-state index in [0.717, 1.165) is 50.4 Å². The number of piperidine rings is 2. The van der Waals surface area contributed by atoms with Crippen LogP contribution in [0.3, 0.4) is 0 Å². The molecule has 0 bridgehead atoms. The third kappa shape index (κ3) is 4.32. The van der Waals surface area contributed by atoms with E-state index in [1.807, 2.05) is 18.3 Å². The fraction of sp³-hybridized carbons (Fsp3) is 0.600. The van der Waals surface area contributed by atoms with Crippen LogP contribution in [-0.4, -0.2) is 52.1 Å². The summed E-state index contributed by atoms with van der Waals surface area (Å²) >= 11 is 0. The van der Waals surface area contributed by atoms with Gasteiger partial charge in [0.2, 0.25) is 17.6 Å². The Bertz CT molecular complexity index is 797. The predicted octanol–water partition coefficient (Wildman–Crippen LogP) is 2.07. The standard InChI is InChI=1S/C20H28N6O2/c1-14-3-2-8-26(12-14)17-5-4-16(11-22-17)20-23-18(28-24-20)13-25-9-6-15(7-10-25)19(21)27/h4-5,11,14-15H,2-3,6-10,12-13H2,1H3,(H2,21,27)/t14-/m0/s1. The van der Waals surface area contributed by atoms with Crippen molar-refractivity contribution in [2.75, 3.05) is 31.1 Å². The van der Waals surface area contributed by atoms with Gasteiger partial charge in [-0.25, -0.2) is 4.98 Å². The number of hydrogen-bond acceptors (Lipinski definition) is 7. The van der Waals surface area contributed by atoms with Crippen LogP contribution in [0.2, 0.25) is 0 Å². The van der Waals surface area contributed by atoms with Crippen molar-refractivity contribution in [3.05, 3.63) is 24.2 Å². The number of nitrogens with two attached hydrogens (primary N) is 1. The van der Waals surface area contributed by atoms with Crippen LogP contribution in [0, 0.1) is 11.8 Å². The molecule has 4 rings (SSSR count). The van der Waals surface area contributed by atoms with Crippen LogP contribution in [0.4, 0.5) is 5.82 Å². The molecule has 0 radical (unpaired) electrons. The summed E-state index contributed by atoms with van der Waals surface area (Å²) in [4.78, 5) is 25.0. The van der Waals surface area contributed by atoms with Crippen LogP contribution in [0.5, 0.6) is 0 Å². The summed E-state index contributed by atoms with van der Waals surface area (Å²) in [7, 11) is 0. The number of carbonyl (C=O) groups excluding carboxylic acids is 1. The Labute approximate surface area is 165 Å². The zero-order valence-corrected chi connectivity index (χ0v) is 16.4. The van der Waals surface area contributed by atoms with E-state index in [1.54, 1.807) is 0 Å². The lowest BCUT2D eigenvalue weighted by Gasteiger charge is -2.31. The largest absolute Gasteiger partial charge is 0.369 e. The van der Waals surface area contributed by atoms with Crippen molar-refractivity contribution >= 4 is 11.7 Å². The number of amides is 1. The first kappa shape index (κ1) is 18.9. The molecule has 8 heteroatoms. The number of rotatable bonds is 5. The topological polar surface area (TPSA) is 101 Å². The number of anilines is 1. The zero-order chi connectivity index (χ0) is 19.5. The first-order valence-corrected chi connectivity index (χ1v) is 10.1. The van der Waals surface area contributed by atoms with E-state index in [2.05, 4.69) is 31.8 Å². The number of hydrogen-bond donors (Lipinski definition) is 1. The highest BCUT2D eigenvalue weighted by Crippen LogP contribution is 2.24. The van der Waals surface area contributed by atoms with Crippen molar-refractivity contribution in [1.82, 2.24) is 20.0 Å². The summed E-state index contributed by atoms with van der Waals surface area (Å²) in [5.41, 5.74) is 6.25. The molecule has 0 saturated carbocycles. The molecule has 2 N–H and O–H groups in total. The van der Waals surface area contributed by atoms with Crippen LogP contribution < -0.4 is 10.6 Å². The molecule has 150 valence electrons. The Kier molecular flexibility index (Phi) is 5.57. The molecule has 0 spiro atoms. The molecule has 0 unspecified atom stereocenters. The number of carbonyl (C=O) groups is 1. The van der Waals surface area contributed by atoms with E-state index in [9.17, 15) is 4.79 Å². The van der Waals surface area contributed by atoms with Crippen molar-refractivity contribution in [1.29, 1.82) is 0 Å². The van der Waals surface area contributed by atoms with Gasteiger partial charge < -0.3 is 15.2 Å². The summed E-state index contributed by atoms with van der Waals surface area (Å²) < 4.78 is 5.42. The summed E-state index contributed by atoms with van der Waals surface area (Å²) in [6.07, 6.45) is 5.91. The smallest absolute Gasteiger partial charge is 0.241 e. The molecule has 28 heavy (non-hydrogen) atoms. The minimum Gasteiger partial charge on any atom is -0.369 e. The number of nitrogens with zero attached hydrogens (tertiary/aromatic N) is 5. The Balaban J connectivity index is 1.36. The molecule has 2 fully saturated rings. The molecular formula is C20H28N6O2. The van der Waals surface area contributed by atoms with Crippen molar-refractivity contribution in [3.8, 4) is 11.4 Å². The molecule has 1 amide bonds. The predicted molar refractivity (Wildman–Crippen MR) is 105 cm³/mol. The quantitative estimate of drug-likeness (QED) is 0.842. The normalized spacial score (nSPS) is 21.8. The van der Waals surface area contributed by atoms with Crippen LogP contribution >= 0.6 is 0 Å². The van der Waals surface area contributed by atoms with Crippen LogP contribution in [-0.2, 0) is 11.3 Å². The van der Waals surface area contributed by atoms with Gasteiger partial charge >= 0.3 is 0 Å². The third-order valence-electron chi connectivity index (χ3n) is 5.80. The van der Waals surface area contributed by atoms with E-state index in [1.165, 1.54) is 12.8 Å². The molecule has 2 aromatic rings. The molecule has 0 aliphatic carbocycles. The van der Waals surface area contributed by atoms with E-state index >= 15 is 0 Å². The van der Waals surface area contributed by atoms with Gasteiger partial charge in [-0.05, 0) is 56.8 Å². The Morgan fingerprint density at radius 3 is 2.75 bits per heavy atom. The van der Waals surface area contributed by atoms with Gasteiger partial charge in [-0.2, -0.15) is 4.98 Å². The van der Waals surface area contributed by atoms with Gasteiger partial charge in [0.05, 0.1) is 6.54 Å². The van der Waals surface area contributed by atoms with Gasteiger partial charge in [0.1, 0.15) is 5.82 Å². The van der Waals surface area contributed by atoms with E-state index in [4.69, 9.17) is 10.3 Å². The highest BCUT2D eigenvalue weighted by atomic mass is 16.5. The summed E-state index contributed by atoms with van der Waals surface area (Å²) in [5, 5.41) is 4.11. The van der Waals surface area contributed by atoms with Gasteiger partial charge in [0.15, 0.2) is 0 Å². The monoisotopic (exact) mass is 384 g/mol. The van der Waals surface area contributed by atoms with Gasteiger partial charge in [-0.15, -0.1) is 0 Å². The van der Waals surface area contributed by atoms with Crippen molar-refractivity contribution < 1.29 is 9.32 Å². The Morgan fingerprint density at radius 1 is 1.25 bits per heavy atom. The van der Waals surface area contributed by atoms with Crippen LogP contribution in [0.25, 0.3) is 11.4 Å². The second-order valence-corrected chi connectivity index (χ2v) is 8.06. The second kappa shape index (κ2) is 8.26. The van der Waals surface area contributed by atoms with E-state index in [0.29, 0.717) is 24.2 Å². The number of pyridine rings is 1.